The zero-order valence-corrected chi connectivity index (χ0v) is 15.7. The number of amides is 1. The Balaban J connectivity index is 1.79. The minimum Gasteiger partial charge on any atom is -0.322 e. The molecule has 0 saturated heterocycles. The number of aryl methyl sites for hydroxylation is 1. The molecule has 0 aliphatic carbocycles. The minimum atomic E-state index is -3.80. The molecule has 28 heavy (non-hydrogen) atoms. The van der Waals surface area contributed by atoms with Gasteiger partial charge in [-0.3, -0.25) is 14.5 Å². The fraction of sp³-hybridized carbons (Fsp3) is 0.0500. The average molecular weight is 392 g/mol. The number of nitrogens with zero attached hydrogens (tertiary/aromatic N) is 2. The van der Waals surface area contributed by atoms with Crippen LogP contribution in [0.25, 0.3) is 0 Å². The number of hydrogen-bond acceptors (Lipinski definition) is 5. The molecular formula is C20H16N4O3S. The summed E-state index contributed by atoms with van der Waals surface area (Å²) in [5, 5.41) is 11.6. The van der Waals surface area contributed by atoms with Crippen molar-refractivity contribution >= 4 is 27.3 Å². The lowest BCUT2D eigenvalue weighted by molar-refractivity contribution is 0.102. The van der Waals surface area contributed by atoms with Crippen LogP contribution in [0.3, 0.4) is 0 Å². The van der Waals surface area contributed by atoms with Gasteiger partial charge >= 0.3 is 0 Å². The van der Waals surface area contributed by atoms with Gasteiger partial charge in [0.05, 0.1) is 34.0 Å². The fourth-order valence-corrected chi connectivity index (χ4v) is 3.46. The molecule has 0 aliphatic heterocycles. The molecule has 0 unspecified atom stereocenters. The molecule has 0 radical (unpaired) electrons. The van der Waals surface area contributed by atoms with Crippen LogP contribution in [0.15, 0.2) is 71.9 Å². The highest BCUT2D eigenvalue weighted by Gasteiger charge is 2.15. The second-order valence-corrected chi connectivity index (χ2v) is 7.71. The molecule has 0 aliphatic rings. The predicted molar refractivity (Wildman–Crippen MR) is 105 cm³/mol. The second-order valence-electron chi connectivity index (χ2n) is 6.03. The Bertz CT molecular complexity index is 1170. The summed E-state index contributed by atoms with van der Waals surface area (Å²) < 4.78 is 27.4. The number of benzene rings is 2. The van der Waals surface area contributed by atoms with E-state index in [1.165, 1.54) is 36.7 Å². The van der Waals surface area contributed by atoms with Crippen molar-refractivity contribution in [1.29, 1.82) is 5.26 Å². The van der Waals surface area contributed by atoms with Gasteiger partial charge in [0, 0.05) is 11.9 Å². The van der Waals surface area contributed by atoms with Crippen molar-refractivity contribution in [3.05, 3.63) is 83.7 Å². The first kappa shape index (κ1) is 19.1. The number of nitrogens with one attached hydrogen (secondary N) is 2. The van der Waals surface area contributed by atoms with E-state index in [2.05, 4.69) is 15.0 Å². The van der Waals surface area contributed by atoms with Gasteiger partial charge in [-0.2, -0.15) is 5.26 Å². The summed E-state index contributed by atoms with van der Waals surface area (Å²) in [7, 11) is -3.80. The van der Waals surface area contributed by atoms with E-state index in [-0.39, 0.29) is 16.1 Å². The van der Waals surface area contributed by atoms with E-state index in [4.69, 9.17) is 5.26 Å². The van der Waals surface area contributed by atoms with Crippen molar-refractivity contribution in [3.8, 4) is 6.07 Å². The van der Waals surface area contributed by atoms with Gasteiger partial charge in [-0.15, -0.1) is 0 Å². The summed E-state index contributed by atoms with van der Waals surface area (Å²) in [5.74, 6) is -0.473. The van der Waals surface area contributed by atoms with Gasteiger partial charge in [-0.1, -0.05) is 23.8 Å². The van der Waals surface area contributed by atoms with Gasteiger partial charge in [0.1, 0.15) is 0 Å². The predicted octanol–water partition coefficient (Wildman–Crippen LogP) is 3.31. The summed E-state index contributed by atoms with van der Waals surface area (Å²) in [5.41, 5.74) is 2.15. The van der Waals surface area contributed by atoms with Gasteiger partial charge in [0.15, 0.2) is 0 Å². The first-order valence-corrected chi connectivity index (χ1v) is 9.72. The van der Waals surface area contributed by atoms with Crippen LogP contribution in [0.4, 0.5) is 11.4 Å². The van der Waals surface area contributed by atoms with Crippen LogP contribution in [0.2, 0.25) is 0 Å². The molecule has 0 bridgehead atoms. The zero-order valence-electron chi connectivity index (χ0n) is 14.9. The number of anilines is 2. The fourth-order valence-electron chi connectivity index (χ4n) is 2.42. The van der Waals surface area contributed by atoms with E-state index in [1.54, 1.807) is 30.3 Å². The summed E-state index contributed by atoms with van der Waals surface area (Å²) in [4.78, 5) is 16.5. The highest BCUT2D eigenvalue weighted by Crippen LogP contribution is 2.18. The molecule has 0 fully saturated rings. The monoisotopic (exact) mass is 392 g/mol. The van der Waals surface area contributed by atoms with Crippen molar-refractivity contribution in [2.75, 3.05) is 10.0 Å². The molecule has 2 N–H and O–H groups in total. The molecule has 1 amide bonds. The van der Waals surface area contributed by atoms with Crippen molar-refractivity contribution in [3.63, 3.8) is 0 Å². The number of carbonyl (C=O) groups excluding carboxylic acids is 1. The zero-order chi connectivity index (χ0) is 20.1. The SMILES string of the molecule is Cc1ccc(S(=O)(=O)Nc2cncc(C(=O)Nc3cccc(C#N)c3)c2)cc1. The average Bonchev–Trinajstić information content (AvgIpc) is 2.68. The molecule has 0 saturated carbocycles. The van der Waals surface area contributed by atoms with E-state index < -0.39 is 15.9 Å². The smallest absolute Gasteiger partial charge is 0.261 e. The molecule has 1 aromatic heterocycles. The Morgan fingerprint density at radius 1 is 1.04 bits per heavy atom. The van der Waals surface area contributed by atoms with Crippen LogP contribution in [0, 0.1) is 18.3 Å². The highest BCUT2D eigenvalue weighted by atomic mass is 32.2. The van der Waals surface area contributed by atoms with E-state index in [0.717, 1.165) is 5.56 Å². The number of rotatable bonds is 5. The second kappa shape index (κ2) is 7.90. The maximum Gasteiger partial charge on any atom is 0.261 e. The highest BCUT2D eigenvalue weighted by molar-refractivity contribution is 7.92. The van der Waals surface area contributed by atoms with Crippen LogP contribution >= 0.6 is 0 Å². The Labute approximate surface area is 162 Å². The lowest BCUT2D eigenvalue weighted by Crippen LogP contribution is -2.15. The number of nitriles is 1. The van der Waals surface area contributed by atoms with Gasteiger partial charge in [0.2, 0.25) is 0 Å². The van der Waals surface area contributed by atoms with E-state index in [1.807, 2.05) is 13.0 Å². The normalized spacial score (nSPS) is 10.7. The van der Waals surface area contributed by atoms with Crippen LogP contribution in [0.1, 0.15) is 21.5 Å². The Kier molecular flexibility index (Phi) is 5.38. The first-order chi connectivity index (χ1) is 13.4. The van der Waals surface area contributed by atoms with Crippen molar-refractivity contribution in [1.82, 2.24) is 4.98 Å². The van der Waals surface area contributed by atoms with Crippen LogP contribution in [0.5, 0.6) is 0 Å². The Hall–Kier alpha value is -3.70. The molecule has 8 heteroatoms. The van der Waals surface area contributed by atoms with E-state index >= 15 is 0 Å². The Morgan fingerprint density at radius 3 is 2.50 bits per heavy atom. The molecule has 7 nitrogen and oxygen atoms in total. The first-order valence-electron chi connectivity index (χ1n) is 8.23. The summed E-state index contributed by atoms with van der Waals surface area (Å²) in [6, 6.07) is 16.3. The van der Waals surface area contributed by atoms with E-state index in [0.29, 0.717) is 11.3 Å². The maximum absolute atomic E-state index is 12.5. The molecule has 3 rings (SSSR count). The van der Waals surface area contributed by atoms with Gasteiger partial charge in [-0.05, 0) is 43.3 Å². The van der Waals surface area contributed by atoms with Crippen LogP contribution in [-0.2, 0) is 10.0 Å². The minimum absolute atomic E-state index is 0.112. The van der Waals surface area contributed by atoms with Gasteiger partial charge in [-0.25, -0.2) is 8.42 Å². The standard InChI is InChI=1S/C20H16N4O3S/c1-14-5-7-19(8-6-14)28(26,27)24-18-10-16(12-22-13-18)20(25)23-17-4-2-3-15(9-17)11-21/h2-10,12-13,24H,1H3,(H,23,25). The molecule has 0 atom stereocenters. The van der Waals surface area contributed by atoms with Crippen molar-refractivity contribution in [2.24, 2.45) is 0 Å². The van der Waals surface area contributed by atoms with Crippen molar-refractivity contribution < 1.29 is 13.2 Å². The molecule has 1 heterocycles. The van der Waals surface area contributed by atoms with Gasteiger partial charge in [0.25, 0.3) is 15.9 Å². The van der Waals surface area contributed by atoms with Crippen molar-refractivity contribution in [2.45, 2.75) is 11.8 Å². The molecule has 0 spiro atoms. The molecule has 2 aromatic carbocycles. The quantitative estimate of drug-likeness (QED) is 0.692. The number of hydrogen-bond donors (Lipinski definition) is 2. The number of sulfonamides is 1. The number of pyridine rings is 1. The summed E-state index contributed by atoms with van der Waals surface area (Å²) >= 11 is 0. The lowest BCUT2D eigenvalue weighted by atomic mass is 10.2. The summed E-state index contributed by atoms with van der Waals surface area (Å²) in [6.07, 6.45) is 2.64. The summed E-state index contributed by atoms with van der Waals surface area (Å²) in [6.45, 7) is 1.86. The molecule has 3 aromatic rings. The third kappa shape index (κ3) is 4.52. The molecular weight excluding hydrogens is 376 g/mol. The largest absolute Gasteiger partial charge is 0.322 e. The number of carbonyl (C=O) groups is 1. The lowest BCUT2D eigenvalue weighted by Gasteiger charge is -2.10. The third-order valence-electron chi connectivity index (χ3n) is 3.83. The maximum atomic E-state index is 12.5. The van der Waals surface area contributed by atoms with E-state index in [9.17, 15) is 13.2 Å². The van der Waals surface area contributed by atoms with Crippen LogP contribution in [-0.4, -0.2) is 19.3 Å². The third-order valence-corrected chi connectivity index (χ3v) is 5.23. The topological polar surface area (TPSA) is 112 Å². The Morgan fingerprint density at radius 2 is 1.79 bits per heavy atom. The molecule has 140 valence electrons. The van der Waals surface area contributed by atoms with Gasteiger partial charge < -0.3 is 5.32 Å². The van der Waals surface area contributed by atoms with Crippen LogP contribution < -0.4 is 10.0 Å². The number of aromatic nitrogens is 1.